The number of carbonyl (C=O) groups is 5. The molecule has 3 aliphatic heterocycles. The number of β-amino-alcohol motifs (C(OH)–C–C–N with tert-alkyl or cyclic N) is 1. The van der Waals surface area contributed by atoms with E-state index in [1.165, 1.54) is 18.6 Å². The Balaban J connectivity index is 0.000000257. The lowest BCUT2D eigenvalue weighted by Crippen LogP contribution is -2.56. The molecular weight excluding hydrogens is 432 g/mol. The highest BCUT2D eigenvalue weighted by molar-refractivity contribution is 6.25. The van der Waals surface area contributed by atoms with Gasteiger partial charge in [0.1, 0.15) is 6.04 Å². The first kappa shape index (κ1) is 24.3. The molecule has 0 saturated carbocycles. The van der Waals surface area contributed by atoms with E-state index in [0.29, 0.717) is 0 Å². The lowest BCUT2D eigenvalue weighted by molar-refractivity contribution is -0.152. The van der Waals surface area contributed by atoms with Gasteiger partial charge in [-0.1, -0.05) is 12.5 Å². The van der Waals surface area contributed by atoms with Crippen LogP contribution in [0.1, 0.15) is 52.8 Å². The van der Waals surface area contributed by atoms with Gasteiger partial charge in [0.05, 0.1) is 30.8 Å². The monoisotopic (exact) mass is 460 g/mol. The Morgan fingerprint density at radius 3 is 2.36 bits per heavy atom. The Kier molecular flexibility index (Phi) is 7.77. The summed E-state index contributed by atoms with van der Waals surface area (Å²) in [6.45, 7) is 1.62. The van der Waals surface area contributed by atoms with Crippen LogP contribution < -0.4 is 5.73 Å². The van der Waals surface area contributed by atoms with Gasteiger partial charge >= 0.3 is 5.97 Å². The number of aliphatic carboxylic acids is 1. The number of hydrogen-bond donors (Lipinski definition) is 3. The number of anilines is 1. The third-order valence-electron chi connectivity index (χ3n) is 5.91. The number of carboxylic acids is 1. The molecule has 1 unspecified atom stereocenters. The van der Waals surface area contributed by atoms with E-state index >= 15 is 0 Å². The number of fused-ring (bicyclic) bond motifs is 1. The topological polar surface area (TPSA) is 162 Å². The van der Waals surface area contributed by atoms with Gasteiger partial charge in [0.25, 0.3) is 17.7 Å². The van der Waals surface area contributed by atoms with Crippen molar-refractivity contribution in [2.24, 2.45) is 0 Å². The van der Waals surface area contributed by atoms with Crippen molar-refractivity contribution in [2.45, 2.75) is 38.1 Å². The van der Waals surface area contributed by atoms with Gasteiger partial charge in [-0.15, -0.1) is 0 Å². The number of likely N-dealkylation sites (tertiary alicyclic amines) is 2. The Labute approximate surface area is 190 Å². The highest BCUT2D eigenvalue weighted by Crippen LogP contribution is 2.31. The van der Waals surface area contributed by atoms with Gasteiger partial charge in [0.2, 0.25) is 5.91 Å². The minimum atomic E-state index is -1.05. The second kappa shape index (κ2) is 10.5. The zero-order chi connectivity index (χ0) is 24.1. The summed E-state index contributed by atoms with van der Waals surface area (Å²) < 4.78 is 0. The molecule has 178 valence electrons. The minimum absolute atomic E-state index is 0.0271. The predicted molar refractivity (Wildman–Crippen MR) is 116 cm³/mol. The van der Waals surface area contributed by atoms with Crippen molar-refractivity contribution in [3.63, 3.8) is 0 Å². The van der Waals surface area contributed by atoms with Crippen LogP contribution in [-0.2, 0) is 14.4 Å². The first-order valence-corrected chi connectivity index (χ1v) is 10.9. The van der Waals surface area contributed by atoms with E-state index in [2.05, 4.69) is 0 Å². The van der Waals surface area contributed by atoms with E-state index in [9.17, 15) is 24.0 Å². The standard InChI is InChI=1S/C15H15N3O5.C7H13NO2/c16-9-3-1-2-8-12(9)15(23)18(13(8)21)10-4-5-11(20)17(6-7-19)14(10)22;9-7(10)6-8-4-2-1-3-5-8/h1-3,10,19H,4-7,16H2;1-6H2,(H,9,10). The van der Waals surface area contributed by atoms with Crippen LogP contribution in [-0.4, -0.2) is 93.3 Å². The molecule has 0 aliphatic carbocycles. The Morgan fingerprint density at radius 1 is 1.06 bits per heavy atom. The van der Waals surface area contributed by atoms with Crippen LogP contribution in [0.5, 0.6) is 0 Å². The molecule has 2 saturated heterocycles. The van der Waals surface area contributed by atoms with Crippen LogP contribution in [0.2, 0.25) is 0 Å². The number of piperidine rings is 2. The fraction of sp³-hybridized carbons (Fsp3) is 0.500. The Morgan fingerprint density at radius 2 is 1.76 bits per heavy atom. The van der Waals surface area contributed by atoms with Gasteiger partial charge in [0, 0.05) is 12.1 Å². The SMILES string of the molecule is Nc1cccc2c1C(=O)N(C1CCC(=O)N(CCO)C1=O)C2=O.O=C(O)CN1CCCCC1. The summed E-state index contributed by atoms with van der Waals surface area (Å²) in [6, 6.07) is 3.51. The van der Waals surface area contributed by atoms with Crippen molar-refractivity contribution in [2.75, 3.05) is 38.5 Å². The number of nitrogen functional groups attached to an aromatic ring is 1. The molecule has 4 amide bonds. The lowest BCUT2D eigenvalue weighted by atomic mass is 10.0. The van der Waals surface area contributed by atoms with E-state index < -0.39 is 35.6 Å². The molecule has 4 N–H and O–H groups in total. The van der Waals surface area contributed by atoms with E-state index in [-0.39, 0.29) is 49.4 Å². The third-order valence-corrected chi connectivity index (χ3v) is 5.91. The summed E-state index contributed by atoms with van der Waals surface area (Å²) in [4.78, 5) is 63.2. The fourth-order valence-corrected chi connectivity index (χ4v) is 4.32. The van der Waals surface area contributed by atoms with Gasteiger partial charge in [-0.25, -0.2) is 0 Å². The molecular formula is C22H28N4O7. The number of aliphatic hydroxyl groups is 1. The number of hydrogen-bond acceptors (Lipinski definition) is 8. The lowest BCUT2D eigenvalue weighted by Gasteiger charge is -2.34. The summed E-state index contributed by atoms with van der Waals surface area (Å²) in [5.74, 6) is -2.99. The number of aliphatic hydroxyl groups excluding tert-OH is 1. The number of carbonyl (C=O) groups excluding carboxylic acids is 4. The summed E-state index contributed by atoms with van der Waals surface area (Å²) in [5.41, 5.74) is 6.20. The molecule has 33 heavy (non-hydrogen) atoms. The zero-order valence-electron chi connectivity index (χ0n) is 18.2. The number of carboxylic acid groups (broad SMARTS) is 1. The largest absolute Gasteiger partial charge is 0.480 e. The smallest absolute Gasteiger partial charge is 0.317 e. The van der Waals surface area contributed by atoms with Crippen molar-refractivity contribution in [1.82, 2.24) is 14.7 Å². The van der Waals surface area contributed by atoms with Crippen LogP contribution >= 0.6 is 0 Å². The Hall–Kier alpha value is -3.31. The third kappa shape index (κ3) is 5.20. The molecule has 1 aromatic rings. The van der Waals surface area contributed by atoms with E-state index in [1.54, 1.807) is 6.07 Å². The summed E-state index contributed by atoms with van der Waals surface area (Å²) in [6.07, 6.45) is 3.68. The van der Waals surface area contributed by atoms with Crippen molar-refractivity contribution >= 4 is 35.3 Å². The van der Waals surface area contributed by atoms with Gasteiger partial charge in [-0.05, 0) is 44.5 Å². The molecule has 4 rings (SSSR count). The average Bonchev–Trinajstić information content (AvgIpc) is 3.03. The first-order chi connectivity index (χ1) is 15.8. The Bertz CT molecular complexity index is 958. The number of benzene rings is 1. The van der Waals surface area contributed by atoms with Gasteiger partial charge in [-0.3, -0.25) is 38.7 Å². The molecule has 3 heterocycles. The maximum absolute atomic E-state index is 12.5. The molecule has 3 aliphatic rings. The van der Waals surface area contributed by atoms with E-state index in [4.69, 9.17) is 15.9 Å². The van der Waals surface area contributed by atoms with Crippen LogP contribution in [0.25, 0.3) is 0 Å². The fourth-order valence-electron chi connectivity index (χ4n) is 4.32. The second-order valence-electron chi connectivity index (χ2n) is 8.14. The summed E-state index contributed by atoms with van der Waals surface area (Å²) >= 11 is 0. The van der Waals surface area contributed by atoms with Gasteiger partial charge in [-0.2, -0.15) is 0 Å². The maximum atomic E-state index is 12.5. The van der Waals surface area contributed by atoms with Crippen molar-refractivity contribution in [1.29, 1.82) is 0 Å². The second-order valence-corrected chi connectivity index (χ2v) is 8.14. The molecule has 11 heteroatoms. The molecule has 0 aromatic heterocycles. The molecule has 1 atom stereocenters. The summed E-state index contributed by atoms with van der Waals surface area (Å²) in [5, 5.41) is 17.4. The van der Waals surface area contributed by atoms with Crippen LogP contribution in [0, 0.1) is 0 Å². The number of imide groups is 2. The molecule has 11 nitrogen and oxygen atoms in total. The quantitative estimate of drug-likeness (QED) is 0.403. The van der Waals surface area contributed by atoms with Gasteiger partial charge < -0.3 is 15.9 Å². The first-order valence-electron chi connectivity index (χ1n) is 10.9. The maximum Gasteiger partial charge on any atom is 0.317 e. The van der Waals surface area contributed by atoms with Crippen LogP contribution in [0.4, 0.5) is 5.69 Å². The molecule has 0 bridgehead atoms. The normalized spacial score (nSPS) is 21.1. The highest BCUT2D eigenvalue weighted by atomic mass is 16.4. The summed E-state index contributed by atoms with van der Waals surface area (Å²) in [7, 11) is 0. The highest BCUT2D eigenvalue weighted by Gasteiger charge is 2.47. The predicted octanol–water partition coefficient (Wildman–Crippen LogP) is -0.0684. The number of amides is 4. The van der Waals surface area contributed by atoms with Crippen molar-refractivity contribution < 1.29 is 34.2 Å². The average molecular weight is 460 g/mol. The van der Waals surface area contributed by atoms with Crippen LogP contribution in [0.3, 0.4) is 0 Å². The molecule has 2 fully saturated rings. The zero-order valence-corrected chi connectivity index (χ0v) is 18.2. The van der Waals surface area contributed by atoms with Crippen molar-refractivity contribution in [3.05, 3.63) is 29.3 Å². The molecule has 0 spiro atoms. The van der Waals surface area contributed by atoms with E-state index in [0.717, 1.165) is 35.7 Å². The van der Waals surface area contributed by atoms with E-state index in [1.807, 2.05) is 4.90 Å². The number of nitrogens with zero attached hydrogens (tertiary/aromatic N) is 3. The number of rotatable bonds is 5. The minimum Gasteiger partial charge on any atom is -0.480 e. The molecule has 1 aromatic carbocycles. The van der Waals surface area contributed by atoms with Gasteiger partial charge in [0.15, 0.2) is 0 Å². The molecule has 0 radical (unpaired) electrons. The van der Waals surface area contributed by atoms with Crippen LogP contribution in [0.15, 0.2) is 18.2 Å². The van der Waals surface area contributed by atoms with Crippen molar-refractivity contribution in [3.8, 4) is 0 Å². The number of nitrogens with two attached hydrogens (primary N) is 1.